The van der Waals surface area contributed by atoms with E-state index in [0.29, 0.717) is 0 Å². The number of rotatable bonds is 4. The predicted molar refractivity (Wildman–Crippen MR) is 50.0 cm³/mol. The summed E-state index contributed by atoms with van der Waals surface area (Å²) in [7, 11) is 0. The molecule has 0 radical (unpaired) electrons. The zero-order valence-corrected chi connectivity index (χ0v) is 8.53. The highest BCUT2D eigenvalue weighted by molar-refractivity contribution is 6.64. The van der Waals surface area contributed by atoms with Gasteiger partial charge in [-0.2, -0.15) is 0 Å². The fraction of sp³-hybridized carbons (Fsp3) is 0.875. The Hall–Kier alpha value is -0.0800. The van der Waals surface area contributed by atoms with E-state index in [4.69, 9.17) is 11.6 Å². The Morgan fingerprint density at radius 3 is 2.00 bits per heavy atom. The summed E-state index contributed by atoms with van der Waals surface area (Å²) in [5.74, 6) is 0. The third-order valence-corrected chi connectivity index (χ3v) is 1.40. The maximum Gasteiger partial charge on any atom is 0.238 e. The Morgan fingerprint density at radius 1 is 1.45 bits per heavy atom. The van der Waals surface area contributed by atoms with Gasteiger partial charge >= 0.3 is 0 Å². The molecule has 2 nitrogen and oxygen atoms in total. The average molecular weight is 180 g/mol. The van der Waals surface area contributed by atoms with E-state index in [2.05, 4.69) is 5.32 Å². The van der Waals surface area contributed by atoms with Gasteiger partial charge in [-0.3, -0.25) is 4.79 Å². The van der Waals surface area contributed by atoms with Crippen LogP contribution in [0, 0.1) is 0 Å². The molecule has 1 atom stereocenters. The molecule has 0 heterocycles. The van der Waals surface area contributed by atoms with Gasteiger partial charge in [0, 0.05) is 0 Å². The average Bonchev–Trinajstić information content (AvgIpc) is 2.03. The molecule has 11 heavy (non-hydrogen) atoms. The van der Waals surface area contributed by atoms with E-state index in [1.165, 1.54) is 0 Å². The summed E-state index contributed by atoms with van der Waals surface area (Å²) >= 11 is 5.22. The fourth-order valence-corrected chi connectivity index (χ4v) is 0.863. The predicted octanol–water partition coefficient (Wildman–Crippen LogP) is 2.17. The summed E-state index contributed by atoms with van der Waals surface area (Å²) in [5, 5.41) is 2.66. The van der Waals surface area contributed by atoms with Crippen LogP contribution in [0.25, 0.3) is 0 Å². The lowest BCUT2D eigenvalue weighted by molar-refractivity contribution is -0.113. The van der Waals surface area contributed by atoms with Crippen LogP contribution in [0.1, 0.15) is 34.1 Å². The molecule has 3 heteroatoms. The van der Waals surface area contributed by atoms with Crippen molar-refractivity contribution in [1.29, 1.82) is 0 Å². The highest BCUT2D eigenvalue weighted by atomic mass is 35.5. The second-order valence-corrected chi connectivity index (χ2v) is 2.20. The van der Waals surface area contributed by atoms with E-state index in [0.717, 1.165) is 13.0 Å². The molecule has 0 aliphatic heterocycles. The first-order chi connectivity index (χ1) is 5.22. The normalized spacial score (nSPS) is 11.4. The van der Waals surface area contributed by atoms with Crippen LogP contribution in [0.2, 0.25) is 0 Å². The molecule has 0 saturated heterocycles. The number of hydrogen-bond donors (Lipinski definition) is 1. The summed E-state index contributed by atoms with van der Waals surface area (Å²) in [5.41, 5.74) is 0. The van der Waals surface area contributed by atoms with Gasteiger partial charge in [0.1, 0.15) is 0 Å². The minimum Gasteiger partial charge on any atom is -0.307 e. The molecule has 0 saturated carbocycles. The number of carbonyl (C=O) groups is 1. The van der Waals surface area contributed by atoms with Gasteiger partial charge in [0.05, 0.1) is 6.04 Å². The van der Waals surface area contributed by atoms with Crippen molar-refractivity contribution in [1.82, 2.24) is 5.32 Å². The van der Waals surface area contributed by atoms with Crippen molar-refractivity contribution in [2.45, 2.75) is 40.2 Å². The fourth-order valence-electron chi connectivity index (χ4n) is 0.631. The maximum absolute atomic E-state index is 10.5. The van der Waals surface area contributed by atoms with E-state index in [1.807, 2.05) is 27.7 Å². The van der Waals surface area contributed by atoms with E-state index in [9.17, 15) is 4.79 Å². The summed E-state index contributed by atoms with van der Waals surface area (Å²) in [6, 6.07) is -0.156. The van der Waals surface area contributed by atoms with Crippen LogP contribution in [0.5, 0.6) is 0 Å². The number of halogens is 1. The van der Waals surface area contributed by atoms with Crippen molar-refractivity contribution in [3.8, 4) is 0 Å². The molecule has 0 aromatic heterocycles. The highest BCUT2D eigenvalue weighted by Gasteiger charge is 2.10. The Bertz CT molecular complexity index is 96.1. The first-order valence-electron chi connectivity index (χ1n) is 4.15. The van der Waals surface area contributed by atoms with Crippen LogP contribution in [-0.2, 0) is 4.79 Å². The lowest BCUT2D eigenvalue weighted by atomic mass is 10.2. The topological polar surface area (TPSA) is 29.1 Å². The molecule has 1 unspecified atom stereocenters. The zero-order chi connectivity index (χ0) is 9.28. The van der Waals surface area contributed by atoms with Crippen molar-refractivity contribution in [2.24, 2.45) is 0 Å². The van der Waals surface area contributed by atoms with E-state index in [1.54, 1.807) is 0 Å². The molecule has 68 valence electrons. The lowest BCUT2D eigenvalue weighted by Crippen LogP contribution is -2.33. The highest BCUT2D eigenvalue weighted by Crippen LogP contribution is 1.95. The standard InChI is InChI=1S/C6H12ClNO.C2H6/c1-3-5(6(7)9)8-4-2;1-2/h5,8H,3-4H2,1-2H3;1-2H3. The summed E-state index contributed by atoms with van der Waals surface area (Å²) in [6.45, 7) is 8.66. The second kappa shape index (κ2) is 9.92. The SMILES string of the molecule is CC.CCNC(CC)C(=O)Cl. The first-order valence-corrected chi connectivity index (χ1v) is 4.52. The van der Waals surface area contributed by atoms with Gasteiger partial charge in [0.25, 0.3) is 0 Å². The summed E-state index contributed by atoms with van der Waals surface area (Å²) in [4.78, 5) is 10.5. The summed E-state index contributed by atoms with van der Waals surface area (Å²) < 4.78 is 0. The van der Waals surface area contributed by atoms with Crippen LogP contribution < -0.4 is 5.32 Å². The van der Waals surface area contributed by atoms with Crippen LogP contribution in [0.15, 0.2) is 0 Å². The molecule has 0 rings (SSSR count). The van der Waals surface area contributed by atoms with E-state index in [-0.39, 0.29) is 11.3 Å². The van der Waals surface area contributed by atoms with Crippen molar-refractivity contribution in [2.75, 3.05) is 6.54 Å². The molecule has 0 fully saturated rings. The second-order valence-electron chi connectivity index (χ2n) is 1.82. The van der Waals surface area contributed by atoms with Gasteiger partial charge < -0.3 is 5.32 Å². The number of hydrogen-bond acceptors (Lipinski definition) is 2. The molecule has 1 N–H and O–H groups in total. The van der Waals surface area contributed by atoms with Crippen molar-refractivity contribution in [3.05, 3.63) is 0 Å². The quantitative estimate of drug-likeness (QED) is 0.671. The Morgan fingerprint density at radius 2 is 1.91 bits per heavy atom. The monoisotopic (exact) mass is 179 g/mol. The maximum atomic E-state index is 10.5. The van der Waals surface area contributed by atoms with Crippen LogP contribution in [0.3, 0.4) is 0 Å². The van der Waals surface area contributed by atoms with Gasteiger partial charge in [-0.15, -0.1) is 0 Å². The van der Waals surface area contributed by atoms with Crippen LogP contribution >= 0.6 is 11.6 Å². The van der Waals surface area contributed by atoms with Crippen LogP contribution in [0.4, 0.5) is 0 Å². The van der Waals surface area contributed by atoms with E-state index < -0.39 is 0 Å². The Balaban J connectivity index is 0. The third-order valence-electron chi connectivity index (χ3n) is 1.13. The number of likely N-dealkylation sites (N-methyl/N-ethyl adjacent to an activating group) is 1. The largest absolute Gasteiger partial charge is 0.307 e. The molecule has 0 spiro atoms. The number of carbonyl (C=O) groups excluding carboxylic acids is 1. The molecular formula is C8H18ClNO. The molecule has 0 aliphatic rings. The zero-order valence-electron chi connectivity index (χ0n) is 7.78. The molecular weight excluding hydrogens is 162 g/mol. The Kier molecular flexibility index (Phi) is 12.2. The van der Waals surface area contributed by atoms with Crippen molar-refractivity contribution >= 4 is 16.8 Å². The van der Waals surface area contributed by atoms with Crippen molar-refractivity contribution < 1.29 is 4.79 Å². The van der Waals surface area contributed by atoms with Gasteiger partial charge in [0.15, 0.2) is 0 Å². The van der Waals surface area contributed by atoms with Gasteiger partial charge in [-0.05, 0) is 24.6 Å². The minimum atomic E-state index is -0.292. The molecule has 0 aromatic carbocycles. The van der Waals surface area contributed by atoms with Gasteiger partial charge in [0.2, 0.25) is 5.24 Å². The third kappa shape index (κ3) is 7.82. The molecule has 0 amide bonds. The number of nitrogens with one attached hydrogen (secondary N) is 1. The minimum absolute atomic E-state index is 0.156. The van der Waals surface area contributed by atoms with Crippen molar-refractivity contribution in [3.63, 3.8) is 0 Å². The smallest absolute Gasteiger partial charge is 0.238 e. The van der Waals surface area contributed by atoms with Gasteiger partial charge in [-0.1, -0.05) is 27.7 Å². The Labute approximate surface area is 74.3 Å². The molecule has 0 aliphatic carbocycles. The van der Waals surface area contributed by atoms with Crippen LogP contribution in [-0.4, -0.2) is 17.8 Å². The van der Waals surface area contributed by atoms with E-state index >= 15 is 0 Å². The molecule has 0 bridgehead atoms. The first kappa shape index (κ1) is 13.5. The molecule has 0 aromatic rings. The lowest BCUT2D eigenvalue weighted by Gasteiger charge is -2.08. The summed E-state index contributed by atoms with van der Waals surface area (Å²) in [6.07, 6.45) is 0.760. The van der Waals surface area contributed by atoms with Gasteiger partial charge in [-0.25, -0.2) is 0 Å².